The van der Waals surface area contributed by atoms with Crippen molar-refractivity contribution in [3.05, 3.63) is 30.1 Å². The Hall–Kier alpha value is 0.1000. The van der Waals surface area contributed by atoms with E-state index in [1.165, 1.54) is 0 Å². The first-order chi connectivity index (χ1) is 5.29. The Kier molecular flexibility index (Phi) is 6.65. The zero-order valence-electron chi connectivity index (χ0n) is 6.42. The van der Waals surface area contributed by atoms with E-state index in [-0.39, 0.29) is 12.4 Å². The van der Waals surface area contributed by atoms with Gasteiger partial charge in [0.25, 0.3) is 0 Å². The zero-order chi connectivity index (χ0) is 8.10. The first-order valence-corrected chi connectivity index (χ1v) is 4.14. The summed E-state index contributed by atoms with van der Waals surface area (Å²) in [7, 11) is 0. The van der Waals surface area contributed by atoms with Gasteiger partial charge in [-0.2, -0.15) is 3.71 Å². The molecule has 0 amide bonds. The predicted octanol–water partition coefficient (Wildman–Crippen LogP) is 2.04. The molecule has 0 fully saturated rings. The van der Waals surface area contributed by atoms with Gasteiger partial charge in [-0.15, -0.1) is 12.4 Å². The Bertz CT molecular complexity index is 206. The first kappa shape index (κ1) is 12.1. The maximum atomic E-state index is 4.16. The summed E-state index contributed by atoms with van der Waals surface area (Å²) in [6.07, 6.45) is 2.67. The van der Waals surface area contributed by atoms with Gasteiger partial charge in [0.05, 0.1) is 0 Å². The molecule has 0 aliphatic carbocycles. The molecular weight excluding hydrogens is 212 g/mol. The Labute approximate surface area is 89.9 Å². The molecule has 1 aromatic heterocycles. The van der Waals surface area contributed by atoms with Gasteiger partial charge in [-0.3, -0.25) is 4.98 Å². The van der Waals surface area contributed by atoms with E-state index in [0.717, 1.165) is 18.7 Å². The third-order valence-electron chi connectivity index (χ3n) is 1.29. The summed E-state index contributed by atoms with van der Waals surface area (Å²) in [5, 5.41) is 0. The number of hydrogen-bond acceptors (Lipinski definition) is 4. The molecule has 5 heteroatoms. The Morgan fingerprint density at radius 2 is 2.08 bits per heavy atom. The van der Waals surface area contributed by atoms with Crippen LogP contribution < -0.4 is 0 Å². The Morgan fingerprint density at radius 3 is 2.58 bits per heavy atom. The number of nitrogens with zero attached hydrogens (tertiary/aromatic N) is 2. The van der Waals surface area contributed by atoms with E-state index in [2.05, 4.69) is 30.6 Å². The minimum atomic E-state index is 0. The highest BCUT2D eigenvalue weighted by atomic mass is 35.5. The van der Waals surface area contributed by atoms with E-state index in [1.807, 2.05) is 18.2 Å². The maximum Gasteiger partial charge on any atom is 0.0417 e. The van der Waals surface area contributed by atoms with Crippen molar-refractivity contribution in [1.29, 1.82) is 0 Å². The highest BCUT2D eigenvalue weighted by Crippen LogP contribution is 2.01. The van der Waals surface area contributed by atoms with Crippen molar-refractivity contribution >= 4 is 38.0 Å². The van der Waals surface area contributed by atoms with Gasteiger partial charge in [-0.25, -0.2) is 0 Å². The molecule has 0 aliphatic heterocycles. The lowest BCUT2D eigenvalue weighted by atomic mass is 10.3. The second-order valence-electron chi connectivity index (χ2n) is 2.17. The molecule has 1 heterocycles. The zero-order valence-corrected chi connectivity index (χ0v) is 9.03. The Balaban J connectivity index is 0.00000121. The van der Waals surface area contributed by atoms with Crippen LogP contribution >= 0.6 is 38.0 Å². The van der Waals surface area contributed by atoms with Gasteiger partial charge in [0.2, 0.25) is 0 Å². The first-order valence-electron chi connectivity index (χ1n) is 3.34. The van der Waals surface area contributed by atoms with E-state index < -0.39 is 0 Å². The molecule has 0 radical (unpaired) electrons. The monoisotopic (exact) mass is 222 g/mol. The van der Waals surface area contributed by atoms with Gasteiger partial charge in [0.1, 0.15) is 0 Å². The van der Waals surface area contributed by atoms with Gasteiger partial charge < -0.3 is 0 Å². The van der Waals surface area contributed by atoms with Crippen LogP contribution in [-0.4, -0.2) is 15.2 Å². The third-order valence-corrected chi connectivity index (χ3v) is 1.69. The largest absolute Gasteiger partial charge is 0.261 e. The van der Waals surface area contributed by atoms with Crippen molar-refractivity contribution in [3.63, 3.8) is 0 Å². The van der Waals surface area contributed by atoms with Crippen molar-refractivity contribution in [3.8, 4) is 0 Å². The lowest BCUT2D eigenvalue weighted by Gasteiger charge is -2.04. The van der Waals surface area contributed by atoms with Gasteiger partial charge in [-0.1, -0.05) is 31.7 Å². The molecule has 68 valence electrons. The van der Waals surface area contributed by atoms with E-state index >= 15 is 0 Å². The fourth-order valence-electron chi connectivity index (χ4n) is 0.761. The molecule has 1 aromatic rings. The van der Waals surface area contributed by atoms with Gasteiger partial charge >= 0.3 is 0 Å². The smallest absolute Gasteiger partial charge is 0.0417 e. The summed E-state index contributed by atoms with van der Waals surface area (Å²) in [6, 6.07) is 5.87. The van der Waals surface area contributed by atoms with Gasteiger partial charge in [-0.05, 0) is 12.1 Å². The Morgan fingerprint density at radius 1 is 1.33 bits per heavy atom. The molecule has 0 aliphatic rings. The summed E-state index contributed by atoms with van der Waals surface area (Å²) in [5.41, 5.74) is 1.07. The van der Waals surface area contributed by atoms with Gasteiger partial charge in [0, 0.05) is 24.9 Å². The van der Waals surface area contributed by atoms with Crippen LogP contribution in [0.3, 0.4) is 0 Å². The molecule has 0 bridgehead atoms. The predicted molar refractivity (Wildman–Crippen MR) is 59.9 cm³/mol. The topological polar surface area (TPSA) is 16.1 Å². The molecule has 0 N–H and O–H groups in total. The second kappa shape index (κ2) is 6.60. The number of halogens is 1. The third kappa shape index (κ3) is 4.87. The van der Waals surface area contributed by atoms with Gasteiger partial charge in [0.15, 0.2) is 0 Å². The van der Waals surface area contributed by atoms with E-state index in [1.54, 1.807) is 9.91 Å². The maximum absolute atomic E-state index is 4.16. The molecule has 0 aromatic carbocycles. The summed E-state index contributed by atoms with van der Waals surface area (Å²) >= 11 is 8.00. The van der Waals surface area contributed by atoms with E-state index in [9.17, 15) is 0 Å². The summed E-state index contributed by atoms with van der Waals surface area (Å²) in [5.74, 6) is 0. The highest BCUT2D eigenvalue weighted by Gasteiger charge is 1.94. The number of aromatic nitrogens is 1. The van der Waals surface area contributed by atoms with Crippen LogP contribution in [0, 0.1) is 0 Å². The molecule has 2 nitrogen and oxygen atoms in total. The van der Waals surface area contributed by atoms with E-state index in [4.69, 9.17) is 0 Å². The van der Waals surface area contributed by atoms with Crippen LogP contribution in [0.25, 0.3) is 0 Å². The molecule has 0 saturated heterocycles. The van der Waals surface area contributed by atoms with Crippen LogP contribution in [0.15, 0.2) is 24.4 Å². The molecule has 12 heavy (non-hydrogen) atoms. The second-order valence-corrected chi connectivity index (χ2v) is 3.45. The molecule has 0 saturated carbocycles. The molecule has 0 atom stereocenters. The number of hydrogen-bond donors (Lipinski definition) is 2. The molecule has 0 spiro atoms. The summed E-state index contributed by atoms with van der Waals surface area (Å²) < 4.78 is 1.55. The SMILES string of the molecule is Cl.SN(S)CCc1ccccn1. The fraction of sp³-hybridized carbons (Fsp3) is 0.286. The van der Waals surface area contributed by atoms with Crippen LogP contribution in [0.5, 0.6) is 0 Å². The summed E-state index contributed by atoms with van der Waals surface area (Å²) in [6.45, 7) is 0.795. The minimum absolute atomic E-state index is 0. The average Bonchev–Trinajstić information content (AvgIpc) is 2.03. The van der Waals surface area contributed by atoms with Crippen molar-refractivity contribution in [2.75, 3.05) is 6.54 Å². The molecule has 1 rings (SSSR count). The lowest BCUT2D eigenvalue weighted by Crippen LogP contribution is -2.04. The van der Waals surface area contributed by atoms with Crippen LogP contribution in [0.4, 0.5) is 0 Å². The van der Waals surface area contributed by atoms with Crippen molar-refractivity contribution in [2.45, 2.75) is 6.42 Å². The standard InChI is InChI=1S/C7H10N2S2.ClH/c10-9(11)6-4-7-3-1-2-5-8-7;/h1-3,5,10-11H,4,6H2;1H. The van der Waals surface area contributed by atoms with E-state index in [0.29, 0.717) is 0 Å². The summed E-state index contributed by atoms with van der Waals surface area (Å²) in [4.78, 5) is 4.16. The van der Waals surface area contributed by atoms with Crippen LogP contribution in [0.2, 0.25) is 0 Å². The van der Waals surface area contributed by atoms with Crippen LogP contribution in [-0.2, 0) is 6.42 Å². The average molecular weight is 223 g/mol. The van der Waals surface area contributed by atoms with Crippen LogP contribution in [0.1, 0.15) is 5.69 Å². The number of thiol groups is 2. The minimum Gasteiger partial charge on any atom is -0.261 e. The molecular formula is C7H11ClN2S2. The molecule has 0 unspecified atom stereocenters. The number of pyridine rings is 1. The van der Waals surface area contributed by atoms with Crippen molar-refractivity contribution in [1.82, 2.24) is 8.69 Å². The quantitative estimate of drug-likeness (QED) is 0.762. The normalized spacial score (nSPS) is 9.58. The lowest BCUT2D eigenvalue weighted by molar-refractivity contribution is 0.728. The van der Waals surface area contributed by atoms with Crippen molar-refractivity contribution in [2.24, 2.45) is 0 Å². The highest BCUT2D eigenvalue weighted by molar-refractivity contribution is 7.93. The van der Waals surface area contributed by atoms with Crippen molar-refractivity contribution < 1.29 is 0 Å². The fourth-order valence-corrected chi connectivity index (χ4v) is 0.961. The number of rotatable bonds is 3.